The van der Waals surface area contributed by atoms with E-state index < -0.39 is 0 Å². The molecule has 2 N–H and O–H groups in total. The summed E-state index contributed by atoms with van der Waals surface area (Å²) in [5.74, 6) is 1.34. The predicted molar refractivity (Wildman–Crippen MR) is 172 cm³/mol. The number of halogens is 1. The fourth-order valence-electron chi connectivity index (χ4n) is 5.84. The number of rotatable bonds is 7. The molecule has 2 fully saturated rings. The van der Waals surface area contributed by atoms with Crippen molar-refractivity contribution in [1.82, 2.24) is 14.4 Å². The highest BCUT2D eigenvalue weighted by Gasteiger charge is 2.30. The number of nitrogens with one attached hydrogen (secondary N) is 2. The number of fused-ring (bicyclic) bond motifs is 1. The van der Waals surface area contributed by atoms with Crippen molar-refractivity contribution in [3.8, 4) is 0 Å². The molecule has 1 aromatic carbocycles. The summed E-state index contributed by atoms with van der Waals surface area (Å²) in [6, 6.07) is 6.60. The molecule has 1 aliphatic carbocycles. The van der Waals surface area contributed by atoms with Gasteiger partial charge in [-0.3, -0.25) is 15.3 Å². The van der Waals surface area contributed by atoms with Crippen molar-refractivity contribution in [3.05, 3.63) is 47.9 Å². The van der Waals surface area contributed by atoms with E-state index in [2.05, 4.69) is 52.4 Å². The van der Waals surface area contributed by atoms with E-state index in [4.69, 9.17) is 10.8 Å². The number of aromatic nitrogens is 1. The van der Waals surface area contributed by atoms with Crippen molar-refractivity contribution in [2.45, 2.75) is 78.3 Å². The summed E-state index contributed by atoms with van der Waals surface area (Å²) in [5.41, 5.74) is 2.72. The van der Waals surface area contributed by atoms with Crippen LogP contribution in [-0.2, 0) is 6.42 Å². The third kappa shape index (κ3) is 8.06. The highest BCUT2D eigenvalue weighted by atomic mass is 32.2. The van der Waals surface area contributed by atoms with Crippen LogP contribution in [0, 0.1) is 22.6 Å². The lowest BCUT2D eigenvalue weighted by molar-refractivity contribution is 0.0970. The lowest BCUT2D eigenvalue weighted by Gasteiger charge is -2.42. The van der Waals surface area contributed by atoms with E-state index in [0.717, 1.165) is 79.2 Å². The molecule has 4 rings (SSSR count). The molecule has 2 aliphatic rings. The molecule has 8 heteroatoms. The highest BCUT2D eigenvalue weighted by molar-refractivity contribution is 8.13. The van der Waals surface area contributed by atoms with Crippen LogP contribution in [-0.4, -0.2) is 76.5 Å². The van der Waals surface area contributed by atoms with E-state index >= 15 is 0 Å². The van der Waals surface area contributed by atoms with Gasteiger partial charge in [-0.2, -0.15) is 0 Å². The van der Waals surface area contributed by atoms with Gasteiger partial charge < -0.3 is 14.9 Å². The maximum atomic E-state index is 14.5. The first-order chi connectivity index (χ1) is 19.2. The lowest BCUT2D eigenvalue weighted by Crippen LogP contribution is -2.52. The van der Waals surface area contributed by atoms with Crippen LogP contribution in [0.5, 0.6) is 0 Å². The maximum absolute atomic E-state index is 14.5. The predicted octanol–water partition coefficient (Wildman–Crippen LogP) is 7.44. The quantitative estimate of drug-likeness (QED) is 0.269. The Kier molecular flexibility index (Phi) is 12.4. The van der Waals surface area contributed by atoms with Crippen LogP contribution < -0.4 is 0 Å². The number of thioether (sulfide) groups is 1. The summed E-state index contributed by atoms with van der Waals surface area (Å²) in [5, 5.41) is 16.5. The minimum atomic E-state index is -0.0923. The van der Waals surface area contributed by atoms with Crippen molar-refractivity contribution in [2.24, 2.45) is 10.9 Å². The molecule has 2 heterocycles. The molecular formula is C32H49FN6S. The van der Waals surface area contributed by atoms with E-state index in [1.165, 1.54) is 12.8 Å². The van der Waals surface area contributed by atoms with Gasteiger partial charge in [-0.25, -0.2) is 4.39 Å². The Balaban J connectivity index is 0.000000482. The van der Waals surface area contributed by atoms with Crippen molar-refractivity contribution < 1.29 is 4.39 Å². The number of aliphatic imine (C=N–C) groups is 1. The van der Waals surface area contributed by atoms with Crippen molar-refractivity contribution in [3.63, 3.8) is 0 Å². The Hall–Kier alpha value is -2.45. The van der Waals surface area contributed by atoms with Crippen LogP contribution in [0.2, 0.25) is 0 Å². The van der Waals surface area contributed by atoms with E-state index in [1.807, 2.05) is 31.5 Å². The van der Waals surface area contributed by atoms with Gasteiger partial charge in [-0.1, -0.05) is 26.8 Å². The number of amidine groups is 1. The van der Waals surface area contributed by atoms with Crippen LogP contribution in [0.15, 0.2) is 41.5 Å². The average Bonchev–Trinajstić information content (AvgIpc) is 3.37. The minimum absolute atomic E-state index is 0.0923. The molecule has 2 aromatic rings. The summed E-state index contributed by atoms with van der Waals surface area (Å²) in [6.45, 7) is 12.2. The molecule has 0 amide bonds. The molecule has 6 nitrogen and oxygen atoms in total. The first-order valence-electron chi connectivity index (χ1n) is 14.8. The van der Waals surface area contributed by atoms with E-state index in [-0.39, 0.29) is 5.82 Å². The molecule has 220 valence electrons. The SMILES string of the molecule is CCC(C)C(=N)SC.CCc1cn(C2CCC(N3CCN(C(/C=C\C(C)=N)=NC)CC3)CC2)c2cccc(F)c12. The smallest absolute Gasteiger partial charge is 0.132 e. The van der Waals surface area contributed by atoms with Gasteiger partial charge in [0.2, 0.25) is 0 Å². The lowest BCUT2D eigenvalue weighted by atomic mass is 9.89. The van der Waals surface area contributed by atoms with Gasteiger partial charge in [0.05, 0.1) is 10.6 Å². The third-order valence-electron chi connectivity index (χ3n) is 8.47. The Bertz CT molecular complexity index is 1190. The third-order valence-corrected chi connectivity index (χ3v) is 9.31. The Morgan fingerprint density at radius 3 is 2.25 bits per heavy atom. The summed E-state index contributed by atoms with van der Waals surface area (Å²) in [6.07, 6.45) is 14.6. The Labute approximate surface area is 245 Å². The average molecular weight is 569 g/mol. The van der Waals surface area contributed by atoms with E-state index in [9.17, 15) is 4.39 Å². The Morgan fingerprint density at radius 1 is 1.07 bits per heavy atom. The molecule has 40 heavy (non-hydrogen) atoms. The number of hydrogen-bond donors (Lipinski definition) is 2. The summed E-state index contributed by atoms with van der Waals surface area (Å²) < 4.78 is 16.8. The molecule has 0 spiro atoms. The molecule has 1 aliphatic heterocycles. The monoisotopic (exact) mass is 568 g/mol. The zero-order valence-electron chi connectivity index (χ0n) is 25.3. The second kappa shape index (κ2) is 15.5. The number of nitrogens with zero attached hydrogens (tertiary/aromatic N) is 4. The second-order valence-corrected chi connectivity index (χ2v) is 11.9. The normalized spacial score (nSPS) is 21.4. The van der Waals surface area contributed by atoms with Gasteiger partial charge in [0.1, 0.15) is 11.7 Å². The van der Waals surface area contributed by atoms with Gasteiger partial charge in [0.15, 0.2) is 0 Å². The number of hydrogen-bond acceptors (Lipinski definition) is 5. The van der Waals surface area contributed by atoms with Crippen LogP contribution in [0.25, 0.3) is 10.9 Å². The van der Waals surface area contributed by atoms with Gasteiger partial charge in [-0.05, 0) is 81.6 Å². The molecule has 1 saturated heterocycles. The van der Waals surface area contributed by atoms with Gasteiger partial charge >= 0.3 is 0 Å². The van der Waals surface area contributed by atoms with Crippen LogP contribution in [0.1, 0.15) is 71.4 Å². The van der Waals surface area contributed by atoms with Crippen LogP contribution >= 0.6 is 11.8 Å². The number of allylic oxidation sites excluding steroid dienone is 1. The zero-order valence-corrected chi connectivity index (χ0v) is 26.2. The molecule has 0 radical (unpaired) electrons. The zero-order chi connectivity index (χ0) is 29.2. The summed E-state index contributed by atoms with van der Waals surface area (Å²) in [4.78, 5) is 9.39. The molecule has 1 atom stereocenters. The number of piperazine rings is 1. The van der Waals surface area contributed by atoms with Gasteiger partial charge in [-0.15, -0.1) is 11.8 Å². The largest absolute Gasteiger partial charge is 0.354 e. The molecule has 1 unspecified atom stereocenters. The van der Waals surface area contributed by atoms with Crippen molar-refractivity contribution in [1.29, 1.82) is 10.8 Å². The Morgan fingerprint density at radius 2 is 1.73 bits per heavy atom. The van der Waals surface area contributed by atoms with Crippen molar-refractivity contribution >= 4 is 39.3 Å². The standard InChI is InChI=1S/C26H36FN5.C6H13NS/c1-4-20-18-32(24-7-5-6-23(27)26(20)24)22-11-9-21(10-12-22)30-14-16-31(17-15-30)25(29-3)13-8-19(2)28;1-4-5(2)6(7)8-3/h5-8,13,18,21-22,28H,4,9-12,14-17H2,1-3H3;5,7H,4H2,1-3H3/b13-8-,28-19?,29-25?;. The molecule has 1 saturated carbocycles. The number of benzene rings is 1. The first kappa shape index (κ1) is 32.1. The molecule has 1 aromatic heterocycles. The topological polar surface area (TPSA) is 71.5 Å². The summed E-state index contributed by atoms with van der Waals surface area (Å²) >= 11 is 1.54. The molecular weight excluding hydrogens is 519 g/mol. The van der Waals surface area contributed by atoms with Crippen molar-refractivity contribution in [2.75, 3.05) is 39.5 Å². The first-order valence-corrected chi connectivity index (χ1v) is 16.1. The molecule has 0 bridgehead atoms. The van der Waals surface area contributed by atoms with Crippen LogP contribution in [0.3, 0.4) is 0 Å². The van der Waals surface area contributed by atoms with Crippen LogP contribution in [0.4, 0.5) is 4.39 Å². The fourth-order valence-corrected chi connectivity index (χ4v) is 6.41. The second-order valence-electron chi connectivity index (χ2n) is 11.0. The van der Waals surface area contributed by atoms with E-state index in [1.54, 1.807) is 24.8 Å². The summed E-state index contributed by atoms with van der Waals surface area (Å²) in [7, 11) is 1.83. The van der Waals surface area contributed by atoms with Gasteiger partial charge in [0.25, 0.3) is 0 Å². The fraction of sp³-hybridized carbons (Fsp3) is 0.594. The van der Waals surface area contributed by atoms with Gasteiger partial charge in [0, 0.05) is 68.5 Å². The maximum Gasteiger partial charge on any atom is 0.132 e. The van der Waals surface area contributed by atoms with E-state index in [0.29, 0.717) is 23.7 Å². The minimum Gasteiger partial charge on any atom is -0.354 e. The number of aryl methyl sites for hydroxylation is 1. The highest BCUT2D eigenvalue weighted by Crippen LogP contribution is 2.36.